The van der Waals surface area contributed by atoms with Crippen LogP contribution in [0.25, 0.3) is 11.1 Å². The number of carbonyl (C=O) groups excluding carboxylic acids is 1. The fraction of sp³-hybridized carbons (Fsp3) is 0.400. The van der Waals surface area contributed by atoms with Crippen molar-refractivity contribution in [3.05, 3.63) is 75.7 Å². The number of carbonyl (C=O) groups is 1. The van der Waals surface area contributed by atoms with Crippen molar-refractivity contribution in [2.75, 3.05) is 27.8 Å². The smallest absolute Gasteiger partial charge is 0.255 e. The molecular formula is C30H38N2O5. The third kappa shape index (κ3) is 6.94. The molecule has 1 heterocycles. The second kappa shape index (κ2) is 13.5. The lowest BCUT2D eigenvalue weighted by molar-refractivity contribution is -0.129. The number of pyridine rings is 1. The summed E-state index contributed by atoms with van der Waals surface area (Å²) in [4.78, 5) is 30.6. The summed E-state index contributed by atoms with van der Waals surface area (Å²) in [6.07, 6.45) is 4.85. The summed E-state index contributed by atoms with van der Waals surface area (Å²) in [5, 5.41) is 11.4. The van der Waals surface area contributed by atoms with E-state index in [1.54, 1.807) is 44.4 Å². The molecular weight excluding hydrogens is 468 g/mol. The Morgan fingerprint density at radius 1 is 0.919 bits per heavy atom. The van der Waals surface area contributed by atoms with Gasteiger partial charge in [-0.2, -0.15) is 0 Å². The molecule has 0 fully saturated rings. The van der Waals surface area contributed by atoms with Crippen LogP contribution >= 0.6 is 0 Å². The quantitative estimate of drug-likeness (QED) is 0.314. The summed E-state index contributed by atoms with van der Waals surface area (Å²) in [6, 6.07) is 15.6. The summed E-state index contributed by atoms with van der Waals surface area (Å²) in [5.74, 6) is 0.586. The predicted octanol–water partition coefficient (Wildman–Crippen LogP) is 5.13. The monoisotopic (exact) mass is 506 g/mol. The molecule has 7 heteroatoms. The van der Waals surface area contributed by atoms with Gasteiger partial charge in [0.05, 0.1) is 37.3 Å². The highest BCUT2D eigenvalue weighted by Crippen LogP contribution is 2.44. The Morgan fingerprint density at radius 3 is 2.22 bits per heavy atom. The molecule has 0 saturated carbocycles. The van der Waals surface area contributed by atoms with Gasteiger partial charge in [0.25, 0.3) is 5.56 Å². The molecule has 198 valence electrons. The van der Waals surface area contributed by atoms with Crippen molar-refractivity contribution < 1.29 is 19.4 Å². The Kier molecular flexibility index (Phi) is 10.2. The average molecular weight is 507 g/mol. The van der Waals surface area contributed by atoms with Gasteiger partial charge in [0.1, 0.15) is 17.2 Å². The number of ether oxygens (including phenoxy) is 2. The fourth-order valence-electron chi connectivity index (χ4n) is 4.48. The number of benzene rings is 2. The zero-order chi connectivity index (χ0) is 26.8. The van der Waals surface area contributed by atoms with Gasteiger partial charge in [-0.3, -0.25) is 9.59 Å². The van der Waals surface area contributed by atoms with E-state index in [9.17, 15) is 14.7 Å². The number of rotatable bonds is 13. The third-order valence-corrected chi connectivity index (χ3v) is 6.63. The molecule has 0 spiro atoms. The van der Waals surface area contributed by atoms with Crippen LogP contribution in [0.3, 0.4) is 0 Å². The first-order valence-corrected chi connectivity index (χ1v) is 12.9. The summed E-state index contributed by atoms with van der Waals surface area (Å²) < 4.78 is 11.1. The van der Waals surface area contributed by atoms with Gasteiger partial charge in [0.15, 0.2) is 0 Å². The summed E-state index contributed by atoms with van der Waals surface area (Å²) in [5.41, 5.74) is 2.45. The number of amides is 1. The maximum absolute atomic E-state index is 13.0. The number of hydrogen-bond donors (Lipinski definition) is 2. The van der Waals surface area contributed by atoms with Crippen molar-refractivity contribution in [2.24, 2.45) is 0 Å². The molecule has 37 heavy (non-hydrogen) atoms. The molecule has 3 rings (SSSR count). The lowest BCUT2D eigenvalue weighted by Crippen LogP contribution is -2.31. The Hall–Kier alpha value is -3.74. The topological polar surface area (TPSA) is 91.9 Å². The van der Waals surface area contributed by atoms with Crippen LogP contribution in [0.1, 0.15) is 49.4 Å². The number of nitrogens with zero attached hydrogens (tertiary/aromatic N) is 1. The van der Waals surface area contributed by atoms with Crippen LogP contribution in [0.5, 0.6) is 17.2 Å². The number of aryl methyl sites for hydroxylation is 2. The molecule has 0 aliphatic heterocycles. The highest BCUT2D eigenvalue weighted by Gasteiger charge is 2.25. The molecule has 2 N–H and O–H groups in total. The number of nitrogens with one attached hydrogen (secondary N) is 1. The van der Waals surface area contributed by atoms with Crippen LogP contribution in [0, 0.1) is 0 Å². The molecule has 0 bridgehead atoms. The van der Waals surface area contributed by atoms with Crippen molar-refractivity contribution in [3.63, 3.8) is 0 Å². The Morgan fingerprint density at radius 2 is 1.59 bits per heavy atom. The number of methoxy groups -OCH3 is 2. The molecule has 0 saturated heterocycles. The molecule has 0 radical (unpaired) electrons. The van der Waals surface area contributed by atoms with Gasteiger partial charge in [-0.1, -0.05) is 49.7 Å². The highest BCUT2D eigenvalue weighted by molar-refractivity contribution is 5.86. The van der Waals surface area contributed by atoms with E-state index in [0.29, 0.717) is 41.3 Å². The number of likely N-dealkylation sites (N-methyl/N-ethyl adjacent to an activating group) is 1. The highest BCUT2D eigenvalue weighted by atomic mass is 16.5. The van der Waals surface area contributed by atoms with E-state index in [1.807, 2.05) is 18.2 Å². The first-order valence-electron chi connectivity index (χ1n) is 12.9. The largest absolute Gasteiger partial charge is 0.507 e. The Balaban J connectivity index is 1.86. The van der Waals surface area contributed by atoms with Crippen LogP contribution in [-0.4, -0.2) is 48.7 Å². The van der Waals surface area contributed by atoms with Crippen LogP contribution in [0.15, 0.2) is 53.3 Å². The van der Waals surface area contributed by atoms with E-state index >= 15 is 0 Å². The van der Waals surface area contributed by atoms with E-state index < -0.39 is 5.56 Å². The van der Waals surface area contributed by atoms with Crippen LogP contribution in [-0.2, 0) is 24.1 Å². The van der Waals surface area contributed by atoms with Gasteiger partial charge in [0.2, 0.25) is 5.91 Å². The zero-order valence-electron chi connectivity index (χ0n) is 22.3. The molecule has 3 aromatic rings. The maximum Gasteiger partial charge on any atom is 0.255 e. The number of aromatic amines is 1. The minimum Gasteiger partial charge on any atom is -0.507 e. The van der Waals surface area contributed by atoms with Crippen LogP contribution in [0.4, 0.5) is 0 Å². The van der Waals surface area contributed by atoms with Gasteiger partial charge >= 0.3 is 0 Å². The molecule has 0 atom stereocenters. The number of H-pyrrole nitrogens is 1. The van der Waals surface area contributed by atoms with Gasteiger partial charge in [0, 0.05) is 19.3 Å². The number of aromatic hydroxyl groups is 1. The molecule has 2 aromatic carbocycles. The predicted molar refractivity (Wildman–Crippen MR) is 147 cm³/mol. The van der Waals surface area contributed by atoms with Crippen molar-refractivity contribution in [1.29, 1.82) is 0 Å². The molecule has 0 aliphatic carbocycles. The average Bonchev–Trinajstić information content (AvgIpc) is 2.92. The van der Waals surface area contributed by atoms with Crippen molar-refractivity contribution in [1.82, 2.24) is 9.88 Å². The first kappa shape index (κ1) is 27.8. The van der Waals surface area contributed by atoms with Crippen molar-refractivity contribution in [3.8, 4) is 28.4 Å². The summed E-state index contributed by atoms with van der Waals surface area (Å²) >= 11 is 0. The molecule has 7 nitrogen and oxygen atoms in total. The standard InChI is InChI=1S/C30H38N2O5/c1-5-6-16-23-27(28-24(36-3)17-12-18-25(28)37-4)29(34)22(30(35)31-23)20-26(33)32(2)19-11-10-15-21-13-8-7-9-14-21/h7-9,12-14,17-18H,5-6,10-11,15-16,19-20H2,1-4H3,(H2,31,34,35). The molecule has 1 aromatic heterocycles. The van der Waals surface area contributed by atoms with Gasteiger partial charge < -0.3 is 24.5 Å². The number of unbranched alkanes of at least 4 members (excludes halogenated alkanes) is 2. The molecule has 0 unspecified atom stereocenters. The van der Waals surface area contributed by atoms with E-state index in [-0.39, 0.29) is 23.6 Å². The van der Waals surface area contributed by atoms with E-state index in [1.165, 1.54) is 5.56 Å². The fourth-order valence-corrected chi connectivity index (χ4v) is 4.48. The third-order valence-electron chi connectivity index (χ3n) is 6.63. The van der Waals surface area contributed by atoms with Gasteiger partial charge in [-0.05, 0) is 49.8 Å². The lowest BCUT2D eigenvalue weighted by atomic mass is 9.95. The van der Waals surface area contributed by atoms with Gasteiger partial charge in [-0.15, -0.1) is 0 Å². The van der Waals surface area contributed by atoms with Gasteiger partial charge in [-0.25, -0.2) is 0 Å². The normalized spacial score (nSPS) is 10.8. The SMILES string of the molecule is CCCCc1[nH]c(=O)c(CC(=O)N(C)CCCCc2ccccc2)c(O)c1-c1c(OC)cccc1OC. The summed E-state index contributed by atoms with van der Waals surface area (Å²) in [7, 11) is 4.82. The zero-order valence-corrected chi connectivity index (χ0v) is 22.3. The van der Waals surface area contributed by atoms with E-state index in [4.69, 9.17) is 9.47 Å². The minimum atomic E-state index is -0.452. The minimum absolute atomic E-state index is 0.0457. The van der Waals surface area contributed by atoms with E-state index in [0.717, 1.165) is 32.1 Å². The molecule has 1 amide bonds. The van der Waals surface area contributed by atoms with Crippen molar-refractivity contribution in [2.45, 2.75) is 51.9 Å². The van der Waals surface area contributed by atoms with E-state index in [2.05, 4.69) is 24.0 Å². The summed E-state index contributed by atoms with van der Waals surface area (Å²) in [6.45, 7) is 2.64. The Labute approximate surface area is 219 Å². The number of aromatic nitrogens is 1. The lowest BCUT2D eigenvalue weighted by Gasteiger charge is -2.20. The van der Waals surface area contributed by atoms with Crippen LogP contribution < -0.4 is 15.0 Å². The maximum atomic E-state index is 13.0. The van der Waals surface area contributed by atoms with Crippen LogP contribution in [0.2, 0.25) is 0 Å². The molecule has 0 aliphatic rings. The second-order valence-electron chi connectivity index (χ2n) is 9.21. The Bertz CT molecular complexity index is 1210. The number of hydrogen-bond acceptors (Lipinski definition) is 5. The second-order valence-corrected chi connectivity index (χ2v) is 9.21. The first-order chi connectivity index (χ1) is 17.9. The van der Waals surface area contributed by atoms with Crippen molar-refractivity contribution >= 4 is 5.91 Å².